The summed E-state index contributed by atoms with van der Waals surface area (Å²) in [6.07, 6.45) is 2.71. The minimum Gasteiger partial charge on any atom is -0.317 e. The summed E-state index contributed by atoms with van der Waals surface area (Å²) in [5.41, 5.74) is 0. The van der Waals surface area contributed by atoms with E-state index in [-0.39, 0.29) is 0 Å². The Kier molecular flexibility index (Phi) is 7.84. The molecule has 1 unspecified atom stereocenters. The Morgan fingerprint density at radius 3 is 2.91 bits per heavy atom. The molecule has 66 valence electrons. The second-order valence-electron chi connectivity index (χ2n) is 2.31. The van der Waals surface area contributed by atoms with Gasteiger partial charge in [0.05, 0.1) is 0 Å². The predicted octanol–water partition coefficient (Wildman–Crippen LogP) is 0.921. The molecule has 0 aliphatic carbocycles. The smallest absolute Gasteiger partial charge is 0.0412 e. The van der Waals surface area contributed by atoms with Gasteiger partial charge in [-0.1, -0.05) is 13.0 Å². The Hall–Kier alpha value is -0.150. The van der Waals surface area contributed by atoms with Crippen LogP contribution in [-0.2, 0) is 10.8 Å². The third kappa shape index (κ3) is 7.75. The molecule has 0 aromatic carbocycles. The van der Waals surface area contributed by atoms with Gasteiger partial charge in [0.25, 0.3) is 0 Å². The molecule has 0 saturated heterocycles. The van der Waals surface area contributed by atoms with Crippen LogP contribution in [0.4, 0.5) is 0 Å². The summed E-state index contributed by atoms with van der Waals surface area (Å²) in [6, 6.07) is 0. The van der Waals surface area contributed by atoms with Crippen LogP contribution in [0.5, 0.6) is 0 Å². The lowest BCUT2D eigenvalue weighted by molar-refractivity contribution is 0.671. The molecule has 0 fully saturated rings. The number of hydrogen-bond donors (Lipinski definition) is 1. The van der Waals surface area contributed by atoms with Crippen LogP contribution in [0.25, 0.3) is 0 Å². The Morgan fingerprint density at radius 2 is 2.36 bits per heavy atom. The van der Waals surface area contributed by atoms with E-state index in [1.165, 1.54) is 0 Å². The van der Waals surface area contributed by atoms with Gasteiger partial charge in [-0.15, -0.1) is 6.58 Å². The maximum Gasteiger partial charge on any atom is 0.0412 e. The molecule has 0 amide bonds. The summed E-state index contributed by atoms with van der Waals surface area (Å²) in [5.74, 6) is 1.42. The monoisotopic (exact) mass is 175 g/mol. The fraction of sp³-hybridized carbons (Fsp3) is 0.750. The van der Waals surface area contributed by atoms with Gasteiger partial charge < -0.3 is 5.32 Å². The van der Waals surface area contributed by atoms with Crippen LogP contribution < -0.4 is 5.32 Å². The number of rotatable bonds is 7. The van der Waals surface area contributed by atoms with Gasteiger partial charge in [0.15, 0.2) is 0 Å². The van der Waals surface area contributed by atoms with Crippen molar-refractivity contribution < 1.29 is 4.21 Å². The standard InChI is InChI=1S/C8H17NOS/c1-3-7-11(10)8-5-6-9-4-2/h3,9H,1,4-8H2,2H3. The number of hydrogen-bond acceptors (Lipinski definition) is 2. The highest BCUT2D eigenvalue weighted by atomic mass is 32.2. The lowest BCUT2D eigenvalue weighted by atomic mass is 10.5. The molecule has 0 aromatic rings. The molecular formula is C8H17NOS. The van der Waals surface area contributed by atoms with Crippen molar-refractivity contribution in [2.75, 3.05) is 24.6 Å². The summed E-state index contributed by atoms with van der Waals surface area (Å²) in [6.45, 7) is 7.57. The van der Waals surface area contributed by atoms with Gasteiger partial charge >= 0.3 is 0 Å². The largest absolute Gasteiger partial charge is 0.317 e. The van der Waals surface area contributed by atoms with E-state index in [9.17, 15) is 4.21 Å². The van der Waals surface area contributed by atoms with Gasteiger partial charge in [-0.25, -0.2) is 0 Å². The van der Waals surface area contributed by atoms with E-state index < -0.39 is 10.8 Å². The highest BCUT2D eigenvalue weighted by Crippen LogP contribution is 1.86. The molecule has 0 spiro atoms. The Bertz CT molecular complexity index is 125. The second kappa shape index (κ2) is 7.95. The third-order valence-electron chi connectivity index (χ3n) is 1.28. The molecule has 3 heteroatoms. The van der Waals surface area contributed by atoms with Crippen molar-refractivity contribution in [1.29, 1.82) is 0 Å². The zero-order valence-electron chi connectivity index (χ0n) is 7.14. The average Bonchev–Trinajstić information content (AvgIpc) is 1.99. The topological polar surface area (TPSA) is 29.1 Å². The van der Waals surface area contributed by atoms with Crippen molar-refractivity contribution in [3.8, 4) is 0 Å². The summed E-state index contributed by atoms with van der Waals surface area (Å²) in [7, 11) is -0.682. The van der Waals surface area contributed by atoms with Crippen molar-refractivity contribution in [1.82, 2.24) is 5.32 Å². The second-order valence-corrected chi connectivity index (χ2v) is 3.93. The van der Waals surface area contributed by atoms with E-state index >= 15 is 0 Å². The fourth-order valence-electron chi connectivity index (χ4n) is 0.750. The van der Waals surface area contributed by atoms with E-state index in [1.807, 2.05) is 0 Å². The van der Waals surface area contributed by atoms with Crippen LogP contribution in [0.1, 0.15) is 13.3 Å². The Morgan fingerprint density at radius 1 is 1.64 bits per heavy atom. The molecule has 0 saturated carbocycles. The zero-order valence-corrected chi connectivity index (χ0v) is 7.95. The highest BCUT2D eigenvalue weighted by Gasteiger charge is 1.94. The summed E-state index contributed by atoms with van der Waals surface area (Å²) >= 11 is 0. The molecule has 0 aliphatic rings. The van der Waals surface area contributed by atoms with Crippen LogP contribution >= 0.6 is 0 Å². The maximum atomic E-state index is 11.0. The van der Waals surface area contributed by atoms with Crippen molar-refractivity contribution in [2.45, 2.75) is 13.3 Å². The fourth-order valence-corrected chi connectivity index (χ4v) is 1.65. The Labute approximate surface area is 71.5 Å². The first-order valence-electron chi connectivity index (χ1n) is 3.97. The zero-order chi connectivity index (χ0) is 8.53. The molecule has 1 atom stereocenters. The van der Waals surface area contributed by atoms with Gasteiger partial charge in [0.1, 0.15) is 0 Å². The molecule has 0 heterocycles. The van der Waals surface area contributed by atoms with Crippen LogP contribution in [-0.4, -0.2) is 28.8 Å². The molecule has 0 aromatic heterocycles. The normalized spacial score (nSPS) is 12.8. The van der Waals surface area contributed by atoms with Crippen molar-refractivity contribution in [3.05, 3.63) is 12.7 Å². The van der Waals surface area contributed by atoms with E-state index in [1.54, 1.807) is 6.08 Å². The minimum atomic E-state index is -0.682. The van der Waals surface area contributed by atoms with Crippen molar-refractivity contribution in [2.24, 2.45) is 0 Å². The maximum absolute atomic E-state index is 11.0. The van der Waals surface area contributed by atoms with Crippen molar-refractivity contribution in [3.63, 3.8) is 0 Å². The molecule has 0 rings (SSSR count). The predicted molar refractivity (Wildman–Crippen MR) is 51.2 cm³/mol. The highest BCUT2D eigenvalue weighted by molar-refractivity contribution is 7.85. The summed E-state index contributed by atoms with van der Waals surface area (Å²) in [5, 5.41) is 3.19. The van der Waals surface area contributed by atoms with E-state index in [0.717, 1.165) is 25.3 Å². The van der Waals surface area contributed by atoms with E-state index in [4.69, 9.17) is 0 Å². The molecule has 0 aliphatic heterocycles. The first-order valence-corrected chi connectivity index (χ1v) is 5.46. The van der Waals surface area contributed by atoms with Crippen LogP contribution in [0, 0.1) is 0 Å². The lowest BCUT2D eigenvalue weighted by Gasteiger charge is -1.99. The van der Waals surface area contributed by atoms with E-state index in [2.05, 4.69) is 18.8 Å². The molecule has 0 bridgehead atoms. The molecule has 1 N–H and O–H groups in total. The molecule has 0 radical (unpaired) electrons. The lowest BCUT2D eigenvalue weighted by Crippen LogP contribution is -2.16. The minimum absolute atomic E-state index is 0.631. The number of nitrogens with one attached hydrogen (secondary N) is 1. The van der Waals surface area contributed by atoms with Gasteiger partial charge in [0.2, 0.25) is 0 Å². The van der Waals surface area contributed by atoms with E-state index in [0.29, 0.717) is 5.75 Å². The summed E-state index contributed by atoms with van der Waals surface area (Å²) < 4.78 is 11.0. The average molecular weight is 175 g/mol. The third-order valence-corrected chi connectivity index (χ3v) is 2.63. The summed E-state index contributed by atoms with van der Waals surface area (Å²) in [4.78, 5) is 0. The van der Waals surface area contributed by atoms with Gasteiger partial charge in [-0.3, -0.25) is 4.21 Å². The van der Waals surface area contributed by atoms with Crippen molar-refractivity contribution >= 4 is 10.8 Å². The quantitative estimate of drug-likeness (QED) is 0.460. The van der Waals surface area contributed by atoms with Gasteiger partial charge in [-0.2, -0.15) is 0 Å². The molecule has 11 heavy (non-hydrogen) atoms. The molecule has 2 nitrogen and oxygen atoms in total. The van der Waals surface area contributed by atoms with Crippen LogP contribution in [0.15, 0.2) is 12.7 Å². The van der Waals surface area contributed by atoms with Crippen LogP contribution in [0.2, 0.25) is 0 Å². The first-order chi connectivity index (χ1) is 5.31. The van der Waals surface area contributed by atoms with Gasteiger partial charge in [0, 0.05) is 22.3 Å². The van der Waals surface area contributed by atoms with Crippen LogP contribution in [0.3, 0.4) is 0 Å². The van der Waals surface area contributed by atoms with Gasteiger partial charge in [-0.05, 0) is 19.5 Å². The Balaban J connectivity index is 3.10. The first kappa shape index (κ1) is 10.8. The SMILES string of the molecule is C=CCS(=O)CCCNCC. The molecular weight excluding hydrogens is 158 g/mol.